The van der Waals surface area contributed by atoms with Gasteiger partial charge in [-0.2, -0.15) is 0 Å². The van der Waals surface area contributed by atoms with E-state index in [9.17, 15) is 4.79 Å². The smallest absolute Gasteiger partial charge is 0.255 e. The van der Waals surface area contributed by atoms with Crippen LogP contribution in [0.25, 0.3) is 5.57 Å². The summed E-state index contributed by atoms with van der Waals surface area (Å²) in [6.07, 6.45) is 0.871. The van der Waals surface area contributed by atoms with Crippen molar-refractivity contribution in [3.63, 3.8) is 0 Å². The van der Waals surface area contributed by atoms with Crippen LogP contribution in [0.15, 0.2) is 77.4 Å². The maximum atomic E-state index is 13.4. The minimum Gasteiger partial charge on any atom is -0.376 e. The summed E-state index contributed by atoms with van der Waals surface area (Å²) in [6.45, 7) is 5.02. The molecule has 2 saturated heterocycles. The van der Waals surface area contributed by atoms with Crippen LogP contribution in [0.1, 0.15) is 24.5 Å². The first-order valence-corrected chi connectivity index (χ1v) is 9.58. The van der Waals surface area contributed by atoms with Gasteiger partial charge in [0, 0.05) is 24.1 Å². The van der Waals surface area contributed by atoms with Crippen LogP contribution in [-0.2, 0) is 16.1 Å². The van der Waals surface area contributed by atoms with Crippen LogP contribution in [0.4, 0.5) is 0 Å². The van der Waals surface area contributed by atoms with E-state index >= 15 is 0 Å². The molecule has 0 aromatic heterocycles. The van der Waals surface area contributed by atoms with Crippen molar-refractivity contribution in [2.75, 3.05) is 19.8 Å². The topological polar surface area (TPSA) is 29.5 Å². The fraction of sp³-hybridized carbons (Fsp3) is 0.292. The molecule has 5 rings (SSSR count). The van der Waals surface area contributed by atoms with Gasteiger partial charge in [0.1, 0.15) is 0 Å². The van der Waals surface area contributed by atoms with Crippen molar-refractivity contribution in [1.29, 1.82) is 0 Å². The van der Waals surface area contributed by atoms with Gasteiger partial charge in [0.05, 0.1) is 13.2 Å². The summed E-state index contributed by atoms with van der Waals surface area (Å²) < 4.78 is 5.86. The number of amides is 1. The number of carbonyl (C=O) groups excluding carboxylic acids is 1. The summed E-state index contributed by atoms with van der Waals surface area (Å²) in [5, 5.41) is 0. The van der Waals surface area contributed by atoms with Gasteiger partial charge >= 0.3 is 0 Å². The van der Waals surface area contributed by atoms with Crippen LogP contribution in [0.2, 0.25) is 0 Å². The van der Waals surface area contributed by atoms with Gasteiger partial charge in [-0.15, -0.1) is 0 Å². The first-order chi connectivity index (χ1) is 13.2. The molecule has 3 aliphatic rings. The lowest BCUT2D eigenvalue weighted by molar-refractivity contribution is -0.125. The Morgan fingerprint density at radius 3 is 2.44 bits per heavy atom. The Bertz CT molecular complexity index is 958. The monoisotopic (exact) mass is 357 g/mol. The van der Waals surface area contributed by atoms with Crippen LogP contribution in [0, 0.1) is 5.41 Å². The molecule has 1 unspecified atom stereocenters. The number of carbonyl (C=O) groups is 1. The van der Waals surface area contributed by atoms with Crippen molar-refractivity contribution in [1.82, 2.24) is 4.90 Å². The number of fused-ring (bicyclic) bond motifs is 2. The molecule has 1 atom stereocenters. The molecule has 2 aromatic carbocycles. The highest BCUT2D eigenvalue weighted by Gasteiger charge is 2.47. The Labute approximate surface area is 160 Å². The highest BCUT2D eigenvalue weighted by atomic mass is 16.5. The molecule has 136 valence electrons. The van der Waals surface area contributed by atoms with Gasteiger partial charge in [-0.3, -0.25) is 4.79 Å². The van der Waals surface area contributed by atoms with Gasteiger partial charge in [-0.05, 0) is 34.3 Å². The van der Waals surface area contributed by atoms with E-state index < -0.39 is 0 Å². The number of likely N-dealkylation sites (tertiary alicyclic amines) is 1. The number of ether oxygens (including phenoxy) is 1. The van der Waals surface area contributed by atoms with Crippen molar-refractivity contribution >= 4 is 11.5 Å². The third kappa shape index (κ3) is 2.65. The lowest BCUT2D eigenvalue weighted by Gasteiger charge is -2.32. The van der Waals surface area contributed by atoms with Gasteiger partial charge < -0.3 is 9.64 Å². The zero-order valence-corrected chi connectivity index (χ0v) is 15.6. The minimum absolute atomic E-state index is 0.00699. The molecule has 0 N–H and O–H groups in total. The van der Waals surface area contributed by atoms with E-state index in [1.165, 1.54) is 22.3 Å². The van der Waals surface area contributed by atoms with Gasteiger partial charge in [-0.1, -0.05) is 67.6 Å². The molecule has 1 aliphatic carbocycles. The number of hydrogen-bond donors (Lipinski definition) is 0. The molecule has 27 heavy (non-hydrogen) atoms. The van der Waals surface area contributed by atoms with E-state index in [0.717, 1.165) is 24.2 Å². The number of benzene rings is 2. The molecule has 0 bridgehead atoms. The second-order valence-electron chi connectivity index (χ2n) is 8.05. The molecular weight excluding hydrogens is 334 g/mol. The quantitative estimate of drug-likeness (QED) is 0.823. The van der Waals surface area contributed by atoms with Crippen molar-refractivity contribution in [3.8, 4) is 0 Å². The molecule has 0 radical (unpaired) electrons. The zero-order chi connectivity index (χ0) is 18.4. The second kappa shape index (κ2) is 6.21. The third-order valence-corrected chi connectivity index (χ3v) is 6.12. The summed E-state index contributed by atoms with van der Waals surface area (Å²) in [5.74, 6) is 0.161. The summed E-state index contributed by atoms with van der Waals surface area (Å²) in [6, 6.07) is 20.6. The standard InChI is InChI=1S/C24H23NO2/c1-24-12-19(18-10-6-3-7-11-18)22-20(21(24)15-27-16-24)14-25(23(22)26)13-17-8-4-2-5-9-17/h2-11H,12-16H2,1H3. The number of nitrogens with zero attached hydrogens (tertiary/aromatic N) is 1. The van der Waals surface area contributed by atoms with E-state index in [0.29, 0.717) is 19.7 Å². The highest BCUT2D eigenvalue weighted by Crippen LogP contribution is 2.52. The van der Waals surface area contributed by atoms with Gasteiger partial charge in [0.2, 0.25) is 0 Å². The predicted octanol–water partition coefficient (Wildman–Crippen LogP) is 4.22. The van der Waals surface area contributed by atoms with Crippen molar-refractivity contribution in [2.24, 2.45) is 5.41 Å². The molecule has 1 amide bonds. The Balaban J connectivity index is 1.62. The van der Waals surface area contributed by atoms with Crippen LogP contribution < -0.4 is 0 Å². The fourth-order valence-electron chi connectivity index (χ4n) is 4.73. The van der Waals surface area contributed by atoms with E-state index in [1.54, 1.807) is 0 Å². The average Bonchev–Trinajstić information content (AvgIpc) is 3.23. The maximum absolute atomic E-state index is 13.4. The lowest BCUT2D eigenvalue weighted by atomic mass is 9.69. The molecule has 2 aromatic rings. The summed E-state index contributed by atoms with van der Waals surface area (Å²) >= 11 is 0. The molecule has 3 nitrogen and oxygen atoms in total. The summed E-state index contributed by atoms with van der Waals surface area (Å²) in [7, 11) is 0. The molecule has 0 spiro atoms. The van der Waals surface area contributed by atoms with Crippen molar-refractivity contribution < 1.29 is 9.53 Å². The maximum Gasteiger partial charge on any atom is 0.255 e. The Hall–Kier alpha value is -2.65. The predicted molar refractivity (Wildman–Crippen MR) is 106 cm³/mol. The molecule has 0 saturated carbocycles. The largest absolute Gasteiger partial charge is 0.376 e. The number of allylic oxidation sites excluding steroid dienone is 1. The molecule has 2 fully saturated rings. The Morgan fingerprint density at radius 2 is 1.70 bits per heavy atom. The van der Waals surface area contributed by atoms with Crippen LogP contribution in [0.5, 0.6) is 0 Å². The van der Waals surface area contributed by atoms with Crippen molar-refractivity contribution in [3.05, 3.63) is 88.5 Å². The van der Waals surface area contributed by atoms with Gasteiger partial charge in [0.15, 0.2) is 0 Å². The second-order valence-corrected chi connectivity index (χ2v) is 8.05. The van der Waals surface area contributed by atoms with Crippen molar-refractivity contribution in [2.45, 2.75) is 19.9 Å². The van der Waals surface area contributed by atoms with Gasteiger partial charge in [0.25, 0.3) is 5.91 Å². The molecule has 2 aliphatic heterocycles. The molecule has 2 heterocycles. The molecular formula is C24H23NO2. The Morgan fingerprint density at radius 1 is 1.00 bits per heavy atom. The SMILES string of the molecule is CC12COCC1=C1CN(Cc3ccccc3)C(=O)C1=C(c1ccccc1)C2. The van der Waals surface area contributed by atoms with Gasteiger partial charge in [-0.25, -0.2) is 0 Å². The minimum atomic E-state index is 0.00699. The van der Waals surface area contributed by atoms with E-state index in [1.807, 2.05) is 29.2 Å². The number of rotatable bonds is 3. The van der Waals surface area contributed by atoms with Crippen LogP contribution in [0.3, 0.4) is 0 Å². The van der Waals surface area contributed by atoms with Crippen LogP contribution in [-0.4, -0.2) is 30.6 Å². The van der Waals surface area contributed by atoms with Crippen LogP contribution >= 0.6 is 0 Å². The number of hydrogen-bond acceptors (Lipinski definition) is 2. The highest BCUT2D eigenvalue weighted by molar-refractivity contribution is 6.09. The van der Waals surface area contributed by atoms with E-state index in [4.69, 9.17) is 4.74 Å². The third-order valence-electron chi connectivity index (χ3n) is 6.12. The normalized spacial score (nSPS) is 24.5. The zero-order valence-electron chi connectivity index (χ0n) is 15.6. The first kappa shape index (κ1) is 16.5. The lowest BCUT2D eigenvalue weighted by Crippen LogP contribution is -2.26. The van der Waals surface area contributed by atoms with E-state index in [2.05, 4.69) is 43.3 Å². The summed E-state index contributed by atoms with van der Waals surface area (Å²) in [4.78, 5) is 15.4. The summed E-state index contributed by atoms with van der Waals surface area (Å²) in [5.41, 5.74) is 6.99. The molecule has 3 heteroatoms. The first-order valence-electron chi connectivity index (χ1n) is 9.58. The fourth-order valence-corrected chi connectivity index (χ4v) is 4.73. The Kier molecular flexibility index (Phi) is 3.80. The van der Waals surface area contributed by atoms with E-state index in [-0.39, 0.29) is 11.3 Å². The average molecular weight is 357 g/mol.